The number of nitrogens with one attached hydrogen (secondary N) is 1. The Balaban J connectivity index is 1.48. The molecule has 1 fully saturated rings. The zero-order chi connectivity index (χ0) is 16.8. The third-order valence-electron chi connectivity index (χ3n) is 4.53. The summed E-state index contributed by atoms with van der Waals surface area (Å²) in [6, 6.07) is 3.46. The fourth-order valence-corrected chi connectivity index (χ4v) is 3.10. The average Bonchev–Trinajstić information content (AvgIpc) is 3.15. The summed E-state index contributed by atoms with van der Waals surface area (Å²) in [5, 5.41) is 2.91. The van der Waals surface area contributed by atoms with Gasteiger partial charge in [0.1, 0.15) is 12.1 Å². The van der Waals surface area contributed by atoms with Crippen LogP contribution in [0.25, 0.3) is 5.82 Å². The van der Waals surface area contributed by atoms with E-state index in [2.05, 4.69) is 22.2 Å². The first-order chi connectivity index (χ1) is 11.7. The van der Waals surface area contributed by atoms with Gasteiger partial charge in [0.05, 0.1) is 12.7 Å². The predicted octanol–water partition coefficient (Wildman–Crippen LogP) is 2.59. The monoisotopic (exact) mass is 328 g/mol. The molecule has 2 atom stereocenters. The molecule has 2 heterocycles. The quantitative estimate of drug-likeness (QED) is 0.828. The van der Waals surface area contributed by atoms with Gasteiger partial charge in [-0.2, -0.15) is 0 Å². The number of rotatable bonds is 6. The second-order valence-electron chi connectivity index (χ2n) is 6.30. The highest BCUT2D eigenvalue weighted by Gasteiger charge is 2.21. The maximum absolute atomic E-state index is 12.3. The number of carbonyl (C=O) groups excluding carboxylic acids is 1. The van der Waals surface area contributed by atoms with Gasteiger partial charge >= 0.3 is 0 Å². The minimum absolute atomic E-state index is 0.112. The van der Waals surface area contributed by atoms with Crippen LogP contribution in [-0.4, -0.2) is 39.7 Å². The molecule has 0 bridgehead atoms. The van der Waals surface area contributed by atoms with Crippen LogP contribution in [0.2, 0.25) is 0 Å². The molecule has 0 aromatic carbocycles. The highest BCUT2D eigenvalue weighted by atomic mass is 16.5. The molecule has 1 N–H and O–H groups in total. The van der Waals surface area contributed by atoms with E-state index >= 15 is 0 Å². The lowest BCUT2D eigenvalue weighted by Gasteiger charge is -2.28. The molecule has 0 saturated heterocycles. The van der Waals surface area contributed by atoms with E-state index in [1.165, 1.54) is 19.3 Å². The van der Waals surface area contributed by atoms with Crippen molar-refractivity contribution in [3.8, 4) is 5.82 Å². The Morgan fingerprint density at radius 1 is 1.38 bits per heavy atom. The minimum Gasteiger partial charge on any atom is -0.376 e. The molecule has 0 spiro atoms. The van der Waals surface area contributed by atoms with Gasteiger partial charge in [0.15, 0.2) is 0 Å². The summed E-state index contributed by atoms with van der Waals surface area (Å²) in [4.78, 5) is 20.5. The summed E-state index contributed by atoms with van der Waals surface area (Å²) >= 11 is 0. The first kappa shape index (κ1) is 16.6. The molecule has 1 aliphatic carbocycles. The summed E-state index contributed by atoms with van der Waals surface area (Å²) < 4.78 is 7.69. The molecule has 1 saturated carbocycles. The van der Waals surface area contributed by atoms with E-state index in [4.69, 9.17) is 4.74 Å². The number of amides is 1. The number of hydrogen-bond acceptors (Lipinski definition) is 4. The molecule has 1 aliphatic rings. The van der Waals surface area contributed by atoms with Gasteiger partial charge in [-0.05, 0) is 30.9 Å². The zero-order valence-electron chi connectivity index (χ0n) is 14.0. The molecular weight excluding hydrogens is 304 g/mol. The van der Waals surface area contributed by atoms with Crippen molar-refractivity contribution in [2.24, 2.45) is 5.92 Å². The molecular formula is C18H24N4O2. The lowest BCUT2D eigenvalue weighted by molar-refractivity contribution is -0.00293. The van der Waals surface area contributed by atoms with Gasteiger partial charge in [-0.1, -0.05) is 19.8 Å². The lowest BCUT2D eigenvalue weighted by atomic mass is 9.88. The summed E-state index contributed by atoms with van der Waals surface area (Å²) in [5.41, 5.74) is 0.583. The van der Waals surface area contributed by atoms with Crippen molar-refractivity contribution in [2.45, 2.75) is 38.7 Å². The molecule has 128 valence electrons. The Bertz CT molecular complexity index is 657. The molecule has 2 unspecified atom stereocenters. The van der Waals surface area contributed by atoms with Gasteiger partial charge in [-0.3, -0.25) is 9.36 Å². The van der Waals surface area contributed by atoms with Gasteiger partial charge in [0.25, 0.3) is 5.91 Å². The predicted molar refractivity (Wildman–Crippen MR) is 91.1 cm³/mol. The molecule has 0 radical (unpaired) electrons. The van der Waals surface area contributed by atoms with Crippen molar-refractivity contribution in [3.05, 3.63) is 42.6 Å². The Kier molecular flexibility index (Phi) is 5.59. The number of nitrogens with zero attached hydrogens (tertiary/aromatic N) is 3. The number of ether oxygens (including phenoxy) is 1. The van der Waals surface area contributed by atoms with E-state index in [9.17, 15) is 4.79 Å². The number of hydrogen-bond donors (Lipinski definition) is 1. The maximum Gasteiger partial charge on any atom is 0.251 e. The molecule has 6 heteroatoms. The molecule has 2 aromatic rings. The summed E-state index contributed by atoms with van der Waals surface area (Å²) in [7, 11) is 0. The van der Waals surface area contributed by atoms with E-state index < -0.39 is 0 Å². The first-order valence-electron chi connectivity index (χ1n) is 8.58. The smallest absolute Gasteiger partial charge is 0.251 e. The van der Waals surface area contributed by atoms with Crippen LogP contribution in [-0.2, 0) is 4.74 Å². The summed E-state index contributed by atoms with van der Waals surface area (Å²) in [5.74, 6) is 1.18. The summed E-state index contributed by atoms with van der Waals surface area (Å²) in [6.45, 7) is 3.32. The van der Waals surface area contributed by atoms with Crippen LogP contribution >= 0.6 is 0 Å². The average molecular weight is 328 g/mol. The number of pyridine rings is 1. The highest BCUT2D eigenvalue weighted by molar-refractivity contribution is 5.94. The van der Waals surface area contributed by atoms with E-state index in [-0.39, 0.29) is 5.91 Å². The van der Waals surface area contributed by atoms with Crippen molar-refractivity contribution >= 4 is 5.91 Å². The van der Waals surface area contributed by atoms with E-state index in [1.807, 2.05) is 0 Å². The van der Waals surface area contributed by atoms with Crippen molar-refractivity contribution in [1.29, 1.82) is 0 Å². The Labute approximate surface area is 142 Å². The summed E-state index contributed by atoms with van der Waals surface area (Å²) in [6.07, 6.45) is 12.0. The number of aromatic nitrogens is 3. The Morgan fingerprint density at radius 2 is 2.25 bits per heavy atom. The topological polar surface area (TPSA) is 69.0 Å². The van der Waals surface area contributed by atoms with Crippen molar-refractivity contribution in [3.63, 3.8) is 0 Å². The number of imidazole rings is 1. The molecule has 2 aromatic heterocycles. The van der Waals surface area contributed by atoms with Crippen LogP contribution in [0, 0.1) is 5.92 Å². The highest BCUT2D eigenvalue weighted by Crippen LogP contribution is 2.25. The lowest BCUT2D eigenvalue weighted by Crippen LogP contribution is -2.31. The molecule has 1 amide bonds. The third-order valence-corrected chi connectivity index (χ3v) is 4.53. The first-order valence-corrected chi connectivity index (χ1v) is 8.58. The largest absolute Gasteiger partial charge is 0.376 e. The second-order valence-corrected chi connectivity index (χ2v) is 6.30. The minimum atomic E-state index is -0.112. The maximum atomic E-state index is 12.3. The van der Waals surface area contributed by atoms with Gasteiger partial charge in [-0.25, -0.2) is 9.97 Å². The van der Waals surface area contributed by atoms with E-state index in [0.29, 0.717) is 36.6 Å². The van der Waals surface area contributed by atoms with Crippen LogP contribution in [0.3, 0.4) is 0 Å². The third kappa shape index (κ3) is 4.20. The molecule has 6 nitrogen and oxygen atoms in total. The van der Waals surface area contributed by atoms with Crippen molar-refractivity contribution in [1.82, 2.24) is 19.9 Å². The zero-order valence-corrected chi connectivity index (χ0v) is 14.0. The fourth-order valence-electron chi connectivity index (χ4n) is 3.10. The molecule has 3 rings (SSSR count). The standard InChI is InChI=1S/C18H24N4O2/c1-14-4-2-3-5-16(14)24-11-9-21-18(23)15-6-7-20-17(12-15)22-10-8-19-13-22/h6-8,10,12-14,16H,2-5,9,11H2,1H3,(H,21,23). The van der Waals surface area contributed by atoms with Crippen LogP contribution < -0.4 is 5.32 Å². The number of carbonyl (C=O) groups is 1. The van der Waals surface area contributed by atoms with Gasteiger partial charge in [-0.15, -0.1) is 0 Å². The molecule has 0 aliphatic heterocycles. The Morgan fingerprint density at radius 3 is 3.04 bits per heavy atom. The van der Waals surface area contributed by atoms with Gasteiger partial charge in [0.2, 0.25) is 0 Å². The Hall–Kier alpha value is -2.21. The van der Waals surface area contributed by atoms with Crippen molar-refractivity contribution in [2.75, 3.05) is 13.2 Å². The molecule has 24 heavy (non-hydrogen) atoms. The van der Waals surface area contributed by atoms with Crippen LogP contribution in [0.5, 0.6) is 0 Å². The van der Waals surface area contributed by atoms with Crippen molar-refractivity contribution < 1.29 is 9.53 Å². The van der Waals surface area contributed by atoms with Crippen LogP contribution in [0.1, 0.15) is 43.0 Å². The van der Waals surface area contributed by atoms with E-state index in [0.717, 1.165) is 6.42 Å². The second kappa shape index (κ2) is 8.06. The van der Waals surface area contributed by atoms with Gasteiger partial charge in [0, 0.05) is 30.7 Å². The van der Waals surface area contributed by atoms with Crippen LogP contribution in [0.4, 0.5) is 0 Å². The SMILES string of the molecule is CC1CCCCC1OCCNC(=O)c1ccnc(-n2ccnc2)c1. The fraction of sp³-hybridized carbons (Fsp3) is 0.500. The van der Waals surface area contributed by atoms with Crippen LogP contribution in [0.15, 0.2) is 37.1 Å². The van der Waals surface area contributed by atoms with E-state index in [1.54, 1.807) is 41.6 Å². The van der Waals surface area contributed by atoms with Gasteiger partial charge < -0.3 is 10.1 Å². The normalized spacial score (nSPS) is 20.7.